The number of hydrogen-bond acceptors (Lipinski definition) is 3. The molecule has 1 aromatic carbocycles. The molecule has 0 saturated carbocycles. The summed E-state index contributed by atoms with van der Waals surface area (Å²) in [5.41, 5.74) is 2.84. The number of carbonyl (C=O) groups excluding carboxylic acids is 1. The van der Waals surface area contributed by atoms with Crippen molar-refractivity contribution in [1.82, 2.24) is 25.0 Å². The van der Waals surface area contributed by atoms with Gasteiger partial charge in [0.05, 0.1) is 24.0 Å². The lowest BCUT2D eigenvalue weighted by atomic mass is 10.2. The van der Waals surface area contributed by atoms with Crippen molar-refractivity contribution in [3.05, 3.63) is 66.1 Å². The van der Waals surface area contributed by atoms with Gasteiger partial charge in [-0.15, -0.1) is 0 Å². The van der Waals surface area contributed by atoms with Gasteiger partial charge in [-0.05, 0) is 44.0 Å². The standard InChI is InChI=1S/C21H25N5O2/c1-16-19(15-23-21(27)22-14-18-10-7-13-28-18)20(25-11-5-6-12-25)26(24-16)17-8-3-2-4-9-17/h2-6,8-9,11-12,18H,7,10,13-15H2,1H3,(H2,22,23,27). The number of urea groups is 1. The Morgan fingerprint density at radius 2 is 1.96 bits per heavy atom. The van der Waals surface area contributed by atoms with Crippen molar-refractivity contribution in [3.63, 3.8) is 0 Å². The van der Waals surface area contributed by atoms with Gasteiger partial charge in [-0.1, -0.05) is 18.2 Å². The van der Waals surface area contributed by atoms with Gasteiger partial charge in [0, 0.05) is 31.1 Å². The highest BCUT2D eigenvalue weighted by Gasteiger charge is 2.19. The van der Waals surface area contributed by atoms with Crippen LogP contribution in [-0.2, 0) is 11.3 Å². The third-order valence-corrected chi connectivity index (χ3v) is 4.95. The lowest BCUT2D eigenvalue weighted by molar-refractivity contribution is 0.111. The van der Waals surface area contributed by atoms with Gasteiger partial charge < -0.3 is 19.9 Å². The van der Waals surface area contributed by atoms with E-state index in [-0.39, 0.29) is 12.1 Å². The molecule has 7 nitrogen and oxygen atoms in total. The third-order valence-electron chi connectivity index (χ3n) is 4.95. The topological polar surface area (TPSA) is 73.1 Å². The summed E-state index contributed by atoms with van der Waals surface area (Å²) in [6.07, 6.45) is 6.16. The fourth-order valence-corrected chi connectivity index (χ4v) is 3.49. The van der Waals surface area contributed by atoms with Gasteiger partial charge in [0.1, 0.15) is 5.82 Å². The fraction of sp³-hybridized carbons (Fsp3) is 0.333. The van der Waals surface area contributed by atoms with Crippen LogP contribution in [0.4, 0.5) is 4.79 Å². The average molecular weight is 379 g/mol. The molecule has 3 heterocycles. The van der Waals surface area contributed by atoms with Crippen LogP contribution < -0.4 is 10.6 Å². The van der Waals surface area contributed by atoms with E-state index in [1.807, 2.05) is 71.0 Å². The van der Waals surface area contributed by atoms with Crippen LogP contribution in [0, 0.1) is 6.92 Å². The molecule has 3 aromatic rings. The molecular formula is C21H25N5O2. The van der Waals surface area contributed by atoms with E-state index in [1.54, 1.807) is 0 Å². The number of carbonyl (C=O) groups is 1. The van der Waals surface area contributed by atoms with E-state index in [2.05, 4.69) is 10.6 Å². The van der Waals surface area contributed by atoms with Crippen molar-refractivity contribution in [2.24, 2.45) is 0 Å². The summed E-state index contributed by atoms with van der Waals surface area (Å²) >= 11 is 0. The second-order valence-corrected chi connectivity index (χ2v) is 6.92. The van der Waals surface area contributed by atoms with Gasteiger partial charge in [-0.3, -0.25) is 0 Å². The van der Waals surface area contributed by atoms with E-state index in [4.69, 9.17) is 9.84 Å². The molecule has 0 aliphatic carbocycles. The Kier molecular flexibility index (Phi) is 5.43. The van der Waals surface area contributed by atoms with Crippen LogP contribution in [-0.4, -0.2) is 39.6 Å². The molecule has 0 spiro atoms. The molecule has 1 aliphatic heterocycles. The highest BCUT2D eigenvalue weighted by atomic mass is 16.5. The van der Waals surface area contributed by atoms with Crippen molar-refractivity contribution < 1.29 is 9.53 Å². The third kappa shape index (κ3) is 3.94. The van der Waals surface area contributed by atoms with E-state index in [1.165, 1.54) is 0 Å². The molecule has 1 atom stereocenters. The van der Waals surface area contributed by atoms with E-state index in [0.29, 0.717) is 13.1 Å². The van der Waals surface area contributed by atoms with Crippen molar-refractivity contribution >= 4 is 6.03 Å². The molecule has 0 bridgehead atoms. The lowest BCUT2D eigenvalue weighted by Gasteiger charge is -2.13. The number of nitrogens with one attached hydrogen (secondary N) is 2. The number of hydrogen-bond donors (Lipinski definition) is 2. The SMILES string of the molecule is Cc1nn(-c2ccccc2)c(-n2cccc2)c1CNC(=O)NCC1CCCO1. The van der Waals surface area contributed by atoms with E-state index in [9.17, 15) is 4.79 Å². The predicted octanol–water partition coefficient (Wildman–Crippen LogP) is 2.95. The smallest absolute Gasteiger partial charge is 0.315 e. The van der Waals surface area contributed by atoms with Crippen LogP contribution in [0.1, 0.15) is 24.1 Å². The summed E-state index contributed by atoms with van der Waals surface area (Å²) < 4.78 is 9.48. The first-order valence-electron chi connectivity index (χ1n) is 9.63. The quantitative estimate of drug-likeness (QED) is 0.692. The first-order chi connectivity index (χ1) is 13.7. The Balaban J connectivity index is 1.53. The zero-order valence-corrected chi connectivity index (χ0v) is 16.0. The number of benzene rings is 1. The molecule has 2 amide bonds. The van der Waals surface area contributed by atoms with E-state index < -0.39 is 0 Å². The van der Waals surface area contributed by atoms with Crippen molar-refractivity contribution in [3.8, 4) is 11.5 Å². The zero-order chi connectivity index (χ0) is 19.3. The lowest BCUT2D eigenvalue weighted by Crippen LogP contribution is -2.39. The molecule has 1 fully saturated rings. The summed E-state index contributed by atoms with van der Waals surface area (Å²) in [5, 5.41) is 10.6. The van der Waals surface area contributed by atoms with Crippen molar-refractivity contribution in [2.75, 3.05) is 13.2 Å². The number of ether oxygens (including phenoxy) is 1. The van der Waals surface area contributed by atoms with Crippen LogP contribution in [0.2, 0.25) is 0 Å². The minimum Gasteiger partial charge on any atom is -0.376 e. The maximum atomic E-state index is 12.2. The minimum absolute atomic E-state index is 0.128. The first-order valence-corrected chi connectivity index (χ1v) is 9.63. The van der Waals surface area contributed by atoms with Gasteiger partial charge >= 0.3 is 6.03 Å². The molecule has 1 unspecified atom stereocenters. The molecule has 146 valence electrons. The Hall–Kier alpha value is -3.06. The Morgan fingerprint density at radius 1 is 1.18 bits per heavy atom. The van der Waals surface area contributed by atoms with Crippen LogP contribution in [0.3, 0.4) is 0 Å². The number of aryl methyl sites for hydroxylation is 1. The normalized spacial score (nSPS) is 16.2. The number of nitrogens with zero attached hydrogens (tertiary/aromatic N) is 3. The zero-order valence-electron chi connectivity index (χ0n) is 16.0. The van der Waals surface area contributed by atoms with Crippen LogP contribution in [0.15, 0.2) is 54.9 Å². The highest BCUT2D eigenvalue weighted by molar-refractivity contribution is 5.74. The summed E-state index contributed by atoms with van der Waals surface area (Å²) in [5.74, 6) is 0.924. The molecule has 4 rings (SSSR count). The number of para-hydroxylation sites is 1. The number of aromatic nitrogens is 3. The molecule has 2 aromatic heterocycles. The average Bonchev–Trinajstić information content (AvgIpc) is 3.47. The molecule has 0 radical (unpaired) electrons. The maximum absolute atomic E-state index is 12.2. The fourth-order valence-electron chi connectivity index (χ4n) is 3.49. The number of amides is 2. The van der Waals surface area contributed by atoms with Gasteiger partial charge in [-0.2, -0.15) is 5.10 Å². The van der Waals surface area contributed by atoms with Crippen molar-refractivity contribution in [1.29, 1.82) is 0 Å². The minimum atomic E-state index is -0.194. The van der Waals surface area contributed by atoms with Crippen molar-refractivity contribution in [2.45, 2.75) is 32.4 Å². The predicted molar refractivity (Wildman–Crippen MR) is 107 cm³/mol. The Morgan fingerprint density at radius 3 is 2.68 bits per heavy atom. The van der Waals surface area contributed by atoms with Gasteiger partial charge in [0.25, 0.3) is 0 Å². The second kappa shape index (κ2) is 8.31. The number of rotatable bonds is 6. The monoisotopic (exact) mass is 379 g/mol. The van der Waals surface area contributed by atoms with E-state index >= 15 is 0 Å². The molecule has 1 saturated heterocycles. The van der Waals surface area contributed by atoms with Gasteiger partial charge in [0.15, 0.2) is 0 Å². The van der Waals surface area contributed by atoms with Crippen LogP contribution in [0.5, 0.6) is 0 Å². The molecule has 28 heavy (non-hydrogen) atoms. The summed E-state index contributed by atoms with van der Waals surface area (Å²) in [6, 6.07) is 13.8. The largest absolute Gasteiger partial charge is 0.376 e. The summed E-state index contributed by atoms with van der Waals surface area (Å²) in [6.45, 7) is 3.68. The molecule has 7 heteroatoms. The first kappa shape index (κ1) is 18.3. The Bertz CT molecular complexity index is 912. The van der Waals surface area contributed by atoms with Crippen LogP contribution >= 0.6 is 0 Å². The van der Waals surface area contributed by atoms with Gasteiger partial charge in [0.2, 0.25) is 0 Å². The second-order valence-electron chi connectivity index (χ2n) is 6.92. The van der Waals surface area contributed by atoms with Crippen LogP contribution in [0.25, 0.3) is 11.5 Å². The molecule has 2 N–H and O–H groups in total. The maximum Gasteiger partial charge on any atom is 0.315 e. The Labute approximate surface area is 164 Å². The molecule has 1 aliphatic rings. The highest BCUT2D eigenvalue weighted by Crippen LogP contribution is 2.22. The van der Waals surface area contributed by atoms with E-state index in [0.717, 1.165) is 42.2 Å². The molecular weight excluding hydrogens is 354 g/mol. The van der Waals surface area contributed by atoms with Gasteiger partial charge in [-0.25, -0.2) is 9.48 Å². The summed E-state index contributed by atoms with van der Waals surface area (Å²) in [7, 11) is 0. The summed E-state index contributed by atoms with van der Waals surface area (Å²) in [4.78, 5) is 12.2.